The van der Waals surface area contributed by atoms with Gasteiger partial charge in [0.05, 0.1) is 6.42 Å². The van der Waals surface area contributed by atoms with Crippen LogP contribution < -0.4 is 10.1 Å². The maximum Gasteiger partial charge on any atom is 0.513 e. The number of amides is 1. The van der Waals surface area contributed by atoms with Gasteiger partial charge in [-0.3, -0.25) is 4.79 Å². The first-order valence-corrected chi connectivity index (χ1v) is 9.52. The molecule has 0 bridgehead atoms. The molecule has 0 radical (unpaired) electrons. The van der Waals surface area contributed by atoms with E-state index in [2.05, 4.69) is 5.32 Å². The van der Waals surface area contributed by atoms with Gasteiger partial charge in [-0.1, -0.05) is 12.1 Å². The molecule has 0 unspecified atom stereocenters. The van der Waals surface area contributed by atoms with E-state index in [0.29, 0.717) is 5.56 Å². The summed E-state index contributed by atoms with van der Waals surface area (Å²) in [5, 5.41) is 11.1. The maximum atomic E-state index is 12.4. The number of aliphatic carboxylic acids is 1. The predicted molar refractivity (Wildman–Crippen MR) is 109 cm³/mol. The van der Waals surface area contributed by atoms with E-state index in [-0.39, 0.29) is 12.2 Å². The van der Waals surface area contributed by atoms with Gasteiger partial charge in [0.2, 0.25) is 0 Å². The molecule has 1 aromatic rings. The van der Waals surface area contributed by atoms with Crippen LogP contribution in [-0.2, 0) is 30.2 Å². The van der Waals surface area contributed by atoms with E-state index in [1.807, 2.05) is 0 Å². The largest absolute Gasteiger partial charge is 0.513 e. The van der Waals surface area contributed by atoms with Crippen molar-refractivity contribution in [3.63, 3.8) is 0 Å². The summed E-state index contributed by atoms with van der Waals surface area (Å²) in [6.45, 7) is 9.37. The molecule has 31 heavy (non-hydrogen) atoms. The number of ether oxygens (including phenoxy) is 4. The normalized spacial score (nSPS) is 12.3. The first-order valence-electron chi connectivity index (χ1n) is 9.52. The maximum absolute atomic E-state index is 12.4. The highest BCUT2D eigenvalue weighted by molar-refractivity contribution is 5.82. The second kappa shape index (κ2) is 10.6. The quantitative estimate of drug-likeness (QED) is 0.373. The standard InChI is InChI=1S/C21H29NO9/c1-20(2,3)30-17(25)15(22-18(26)31-21(4,5)6)12-28-19(27)29-14-9-7-13(8-10-14)11-16(23)24/h7-10,15H,11-12H2,1-6H3,(H,22,26)(H,23,24)/t15-/m0/s1. The Bertz CT molecular complexity index is 789. The van der Waals surface area contributed by atoms with Gasteiger partial charge in [0, 0.05) is 0 Å². The van der Waals surface area contributed by atoms with Crippen LogP contribution in [0.4, 0.5) is 9.59 Å². The van der Waals surface area contributed by atoms with Crippen molar-refractivity contribution in [3.05, 3.63) is 29.8 Å². The first-order chi connectivity index (χ1) is 14.1. The Kier molecular flexibility index (Phi) is 8.84. The van der Waals surface area contributed by atoms with Crippen LogP contribution in [0.25, 0.3) is 0 Å². The van der Waals surface area contributed by atoms with Gasteiger partial charge in [0.15, 0.2) is 6.04 Å². The molecule has 1 amide bonds. The summed E-state index contributed by atoms with van der Waals surface area (Å²) >= 11 is 0. The lowest BCUT2D eigenvalue weighted by molar-refractivity contribution is -0.158. The molecule has 0 saturated heterocycles. The Hall–Kier alpha value is -3.30. The highest BCUT2D eigenvalue weighted by Crippen LogP contribution is 2.14. The fourth-order valence-electron chi connectivity index (χ4n) is 2.12. The molecular formula is C21H29NO9. The van der Waals surface area contributed by atoms with Crippen LogP contribution in [0, 0.1) is 0 Å². The summed E-state index contributed by atoms with van der Waals surface area (Å²) in [6.07, 6.45) is -2.17. The molecule has 0 aliphatic heterocycles. The number of carboxylic acids is 1. The molecule has 2 N–H and O–H groups in total. The average Bonchev–Trinajstić information content (AvgIpc) is 2.56. The number of carbonyl (C=O) groups excluding carboxylic acids is 3. The minimum atomic E-state index is -1.32. The highest BCUT2D eigenvalue weighted by atomic mass is 16.7. The van der Waals surface area contributed by atoms with Crippen molar-refractivity contribution in [2.24, 2.45) is 0 Å². The Labute approximate surface area is 180 Å². The fourth-order valence-corrected chi connectivity index (χ4v) is 2.12. The van der Waals surface area contributed by atoms with Crippen molar-refractivity contribution in [2.45, 2.75) is 65.2 Å². The molecule has 0 spiro atoms. The molecule has 0 aromatic heterocycles. The van der Waals surface area contributed by atoms with Crippen LogP contribution in [0.1, 0.15) is 47.1 Å². The molecule has 1 aromatic carbocycles. The van der Waals surface area contributed by atoms with Crippen molar-refractivity contribution in [1.29, 1.82) is 0 Å². The summed E-state index contributed by atoms with van der Waals surface area (Å²) in [5.41, 5.74) is -1.10. The van der Waals surface area contributed by atoms with Gasteiger partial charge < -0.3 is 29.4 Å². The molecule has 0 fully saturated rings. The monoisotopic (exact) mass is 439 g/mol. The van der Waals surface area contributed by atoms with Crippen LogP contribution in [0.15, 0.2) is 24.3 Å². The number of hydrogen-bond donors (Lipinski definition) is 2. The fraction of sp³-hybridized carbons (Fsp3) is 0.524. The number of esters is 1. The Morgan fingerprint density at radius 3 is 1.97 bits per heavy atom. The molecule has 172 valence electrons. The average molecular weight is 439 g/mol. The number of benzene rings is 1. The van der Waals surface area contributed by atoms with E-state index in [9.17, 15) is 19.2 Å². The molecule has 10 heteroatoms. The lowest BCUT2D eigenvalue weighted by Crippen LogP contribution is -2.48. The van der Waals surface area contributed by atoms with Gasteiger partial charge in [0.1, 0.15) is 23.6 Å². The van der Waals surface area contributed by atoms with Crippen molar-refractivity contribution in [1.82, 2.24) is 5.32 Å². The zero-order valence-corrected chi connectivity index (χ0v) is 18.5. The predicted octanol–water partition coefficient (Wildman–Crippen LogP) is 3.06. The summed E-state index contributed by atoms with van der Waals surface area (Å²) in [5.74, 6) is -1.68. The van der Waals surface area contributed by atoms with E-state index in [0.717, 1.165) is 0 Å². The number of carboxylic acid groups (broad SMARTS) is 1. The second-order valence-corrected chi connectivity index (χ2v) is 8.61. The minimum Gasteiger partial charge on any atom is -0.481 e. The van der Waals surface area contributed by atoms with E-state index in [1.54, 1.807) is 41.5 Å². The smallest absolute Gasteiger partial charge is 0.481 e. The molecule has 1 atom stereocenters. The molecule has 10 nitrogen and oxygen atoms in total. The molecular weight excluding hydrogens is 410 g/mol. The zero-order chi connectivity index (χ0) is 23.8. The molecule has 0 heterocycles. The lowest BCUT2D eigenvalue weighted by atomic mass is 10.1. The Morgan fingerprint density at radius 1 is 0.935 bits per heavy atom. The number of carbonyl (C=O) groups is 4. The van der Waals surface area contributed by atoms with Crippen LogP contribution in [0.2, 0.25) is 0 Å². The molecule has 0 saturated carbocycles. The third-order valence-electron chi connectivity index (χ3n) is 3.23. The third-order valence-corrected chi connectivity index (χ3v) is 3.23. The van der Waals surface area contributed by atoms with Gasteiger partial charge >= 0.3 is 24.2 Å². The van der Waals surface area contributed by atoms with E-state index >= 15 is 0 Å². The summed E-state index contributed by atoms with van der Waals surface area (Å²) < 4.78 is 20.3. The lowest BCUT2D eigenvalue weighted by Gasteiger charge is -2.26. The third kappa shape index (κ3) is 11.5. The van der Waals surface area contributed by atoms with Crippen LogP contribution in [0.3, 0.4) is 0 Å². The van der Waals surface area contributed by atoms with Crippen molar-refractivity contribution in [3.8, 4) is 5.75 Å². The number of rotatable bonds is 7. The van der Waals surface area contributed by atoms with Crippen molar-refractivity contribution >= 4 is 24.2 Å². The van der Waals surface area contributed by atoms with Crippen LogP contribution in [-0.4, -0.2) is 53.1 Å². The zero-order valence-electron chi connectivity index (χ0n) is 18.5. The Morgan fingerprint density at radius 2 is 1.48 bits per heavy atom. The van der Waals surface area contributed by atoms with Gasteiger partial charge in [-0.2, -0.15) is 0 Å². The van der Waals surface area contributed by atoms with Crippen LogP contribution in [0.5, 0.6) is 5.75 Å². The summed E-state index contributed by atoms with van der Waals surface area (Å²) in [7, 11) is 0. The second-order valence-electron chi connectivity index (χ2n) is 8.61. The molecule has 0 aliphatic rings. The highest BCUT2D eigenvalue weighted by Gasteiger charge is 2.30. The van der Waals surface area contributed by atoms with Gasteiger partial charge in [-0.05, 0) is 59.2 Å². The van der Waals surface area contributed by atoms with Crippen molar-refractivity contribution < 1.29 is 43.2 Å². The number of hydrogen-bond acceptors (Lipinski definition) is 8. The van der Waals surface area contributed by atoms with Crippen molar-refractivity contribution in [2.75, 3.05) is 6.61 Å². The van der Waals surface area contributed by atoms with E-state index in [4.69, 9.17) is 24.1 Å². The number of alkyl carbamates (subject to hydrolysis) is 1. The SMILES string of the molecule is CC(C)(C)OC(=O)N[C@@H](COC(=O)Oc1ccc(CC(=O)O)cc1)C(=O)OC(C)(C)C. The molecule has 1 rings (SSSR count). The minimum absolute atomic E-state index is 0.119. The topological polar surface area (TPSA) is 137 Å². The van der Waals surface area contributed by atoms with E-state index < -0.39 is 48.0 Å². The summed E-state index contributed by atoms with van der Waals surface area (Å²) in [6, 6.07) is 4.47. The molecule has 0 aliphatic carbocycles. The van der Waals surface area contributed by atoms with Gasteiger partial charge in [0.25, 0.3) is 0 Å². The first kappa shape index (κ1) is 25.7. The Balaban J connectivity index is 2.72. The van der Waals surface area contributed by atoms with Gasteiger partial charge in [-0.15, -0.1) is 0 Å². The van der Waals surface area contributed by atoms with Crippen LogP contribution >= 0.6 is 0 Å². The van der Waals surface area contributed by atoms with E-state index in [1.165, 1.54) is 24.3 Å². The number of nitrogens with one attached hydrogen (secondary N) is 1. The summed E-state index contributed by atoms with van der Waals surface area (Å²) in [4.78, 5) is 47.1. The van der Waals surface area contributed by atoms with Gasteiger partial charge in [-0.25, -0.2) is 14.4 Å².